The lowest BCUT2D eigenvalue weighted by Gasteiger charge is -2.24. The lowest BCUT2D eigenvalue weighted by molar-refractivity contribution is -0.118. The second-order valence-electron chi connectivity index (χ2n) is 8.07. The van der Waals surface area contributed by atoms with Gasteiger partial charge in [-0.3, -0.25) is 4.79 Å². The summed E-state index contributed by atoms with van der Waals surface area (Å²) in [6.07, 6.45) is 4.68. The second-order valence-corrected chi connectivity index (χ2v) is 9.15. The Bertz CT molecular complexity index is 1360. The number of thiophene rings is 1. The molecule has 35 heavy (non-hydrogen) atoms. The number of amides is 1. The van der Waals surface area contributed by atoms with Crippen LogP contribution in [0.15, 0.2) is 73.2 Å². The summed E-state index contributed by atoms with van der Waals surface area (Å²) in [5, 5.41) is 18.2. The fourth-order valence-corrected chi connectivity index (χ4v) is 4.60. The Labute approximate surface area is 207 Å². The van der Waals surface area contributed by atoms with E-state index in [9.17, 15) is 14.7 Å². The first-order valence-electron chi connectivity index (χ1n) is 11.2. The fourth-order valence-electron chi connectivity index (χ4n) is 3.75. The van der Waals surface area contributed by atoms with Gasteiger partial charge in [0.2, 0.25) is 5.91 Å². The van der Waals surface area contributed by atoms with Crippen molar-refractivity contribution in [1.82, 2.24) is 9.55 Å². The van der Waals surface area contributed by atoms with Crippen molar-refractivity contribution >= 4 is 28.9 Å². The number of benzene rings is 2. The van der Waals surface area contributed by atoms with Crippen LogP contribution in [0.1, 0.15) is 46.3 Å². The van der Waals surface area contributed by atoms with E-state index >= 15 is 0 Å². The maximum absolute atomic E-state index is 13.0. The number of carbonyl (C=O) groups is 2. The molecule has 0 radical (unpaired) electrons. The molecule has 0 bridgehead atoms. The molecule has 4 rings (SSSR count). The van der Waals surface area contributed by atoms with Crippen LogP contribution in [0, 0.1) is 11.3 Å². The predicted octanol–water partition coefficient (Wildman–Crippen LogP) is 5.56. The van der Waals surface area contributed by atoms with Gasteiger partial charge in [0.15, 0.2) is 0 Å². The minimum atomic E-state index is -0.938. The average molecular weight is 485 g/mol. The summed E-state index contributed by atoms with van der Waals surface area (Å²) in [5.74, 6) is -0.914. The molecule has 0 fully saturated rings. The number of nitrogens with zero attached hydrogens (tertiary/aromatic N) is 4. The number of hydrogen-bond acceptors (Lipinski definition) is 5. The molecule has 0 atom stereocenters. The highest BCUT2D eigenvalue weighted by Crippen LogP contribution is 2.30. The molecule has 7 nitrogen and oxygen atoms in total. The van der Waals surface area contributed by atoms with E-state index < -0.39 is 5.97 Å². The Kier molecular flexibility index (Phi) is 7.38. The molecule has 176 valence electrons. The van der Waals surface area contributed by atoms with Crippen molar-refractivity contribution in [3.05, 3.63) is 94.9 Å². The number of carbonyl (C=O) groups excluding carboxylic acids is 1. The highest BCUT2D eigenvalue weighted by molar-refractivity contribution is 7.17. The maximum Gasteiger partial charge on any atom is 0.345 e. The summed E-state index contributed by atoms with van der Waals surface area (Å²) in [4.78, 5) is 31.5. The highest BCUT2D eigenvalue weighted by atomic mass is 32.1. The van der Waals surface area contributed by atoms with E-state index in [1.54, 1.807) is 41.7 Å². The van der Waals surface area contributed by atoms with E-state index in [2.05, 4.69) is 11.1 Å². The Morgan fingerprint density at radius 2 is 1.83 bits per heavy atom. The lowest BCUT2D eigenvalue weighted by atomic mass is 10.1. The van der Waals surface area contributed by atoms with Crippen LogP contribution in [-0.4, -0.2) is 26.5 Å². The van der Waals surface area contributed by atoms with Crippen LogP contribution in [0.2, 0.25) is 0 Å². The summed E-state index contributed by atoms with van der Waals surface area (Å²) in [5.41, 5.74) is 4.22. The fraction of sp³-hybridized carbons (Fsp3) is 0.185. The SMILES string of the molecule is CCCC(=O)N(Cc1cncn1Cc1ccc(C#N)cc1)c1ccc(-c2ccc(C(=O)O)s2)cc1. The lowest BCUT2D eigenvalue weighted by Crippen LogP contribution is -2.31. The van der Waals surface area contributed by atoms with Gasteiger partial charge in [-0.2, -0.15) is 5.26 Å². The minimum absolute atomic E-state index is 0.0238. The molecular formula is C27H24N4O3S. The van der Waals surface area contributed by atoms with Crippen molar-refractivity contribution in [1.29, 1.82) is 5.26 Å². The zero-order chi connectivity index (χ0) is 24.8. The van der Waals surface area contributed by atoms with Crippen molar-refractivity contribution in [2.24, 2.45) is 0 Å². The van der Waals surface area contributed by atoms with Crippen molar-refractivity contribution in [3.8, 4) is 16.5 Å². The summed E-state index contributed by atoms with van der Waals surface area (Å²) in [6, 6.07) is 20.5. The number of rotatable bonds is 9. The predicted molar refractivity (Wildman–Crippen MR) is 135 cm³/mol. The van der Waals surface area contributed by atoms with E-state index in [0.717, 1.165) is 33.8 Å². The van der Waals surface area contributed by atoms with E-state index in [4.69, 9.17) is 5.26 Å². The average Bonchev–Trinajstić information content (AvgIpc) is 3.53. The minimum Gasteiger partial charge on any atom is -0.477 e. The number of anilines is 1. The monoisotopic (exact) mass is 484 g/mol. The quantitative estimate of drug-likeness (QED) is 0.335. The molecule has 2 aromatic heterocycles. The third kappa shape index (κ3) is 5.65. The number of hydrogen-bond donors (Lipinski definition) is 1. The van der Waals surface area contributed by atoms with E-state index in [0.29, 0.717) is 30.0 Å². The molecule has 1 N–H and O–H groups in total. The molecule has 0 aliphatic rings. The first-order chi connectivity index (χ1) is 17.0. The number of carboxylic acid groups (broad SMARTS) is 1. The van der Waals surface area contributed by atoms with Gasteiger partial charge in [-0.05, 0) is 53.9 Å². The van der Waals surface area contributed by atoms with Gasteiger partial charge < -0.3 is 14.6 Å². The van der Waals surface area contributed by atoms with Crippen LogP contribution in [0.5, 0.6) is 0 Å². The second kappa shape index (κ2) is 10.8. The topological polar surface area (TPSA) is 99.2 Å². The van der Waals surface area contributed by atoms with Crippen LogP contribution in [-0.2, 0) is 17.9 Å². The molecule has 0 unspecified atom stereocenters. The standard InChI is InChI=1S/C27H24N4O3S/c1-2-3-26(32)31(22-10-8-21(9-11-22)24-12-13-25(35-24)27(33)34)17-23-15-29-18-30(23)16-20-6-4-19(14-28)5-7-20/h4-13,15,18H,2-3,16-17H2,1H3,(H,33,34). The molecule has 2 aromatic carbocycles. The van der Waals surface area contributed by atoms with Crippen LogP contribution in [0.25, 0.3) is 10.4 Å². The zero-order valence-corrected chi connectivity index (χ0v) is 20.0. The van der Waals surface area contributed by atoms with Crippen molar-refractivity contribution in [2.45, 2.75) is 32.9 Å². The Morgan fingerprint density at radius 1 is 1.09 bits per heavy atom. The van der Waals surface area contributed by atoms with Crippen molar-refractivity contribution in [3.63, 3.8) is 0 Å². The number of aromatic carboxylic acids is 1. The molecule has 0 aliphatic carbocycles. The Balaban J connectivity index is 1.56. The number of carboxylic acids is 1. The van der Waals surface area contributed by atoms with E-state index in [-0.39, 0.29) is 5.91 Å². The highest BCUT2D eigenvalue weighted by Gasteiger charge is 2.18. The summed E-state index contributed by atoms with van der Waals surface area (Å²) in [7, 11) is 0. The number of imidazole rings is 1. The molecule has 0 aliphatic heterocycles. The smallest absolute Gasteiger partial charge is 0.345 e. The molecule has 2 heterocycles. The first kappa shape index (κ1) is 23.9. The molecule has 0 saturated heterocycles. The van der Waals surface area contributed by atoms with Crippen molar-refractivity contribution < 1.29 is 14.7 Å². The summed E-state index contributed by atoms with van der Waals surface area (Å²) >= 11 is 1.22. The van der Waals surface area contributed by atoms with Gasteiger partial charge in [0.05, 0.1) is 30.2 Å². The van der Waals surface area contributed by atoms with Gasteiger partial charge in [0.1, 0.15) is 4.88 Å². The molecule has 8 heteroatoms. The Hall–Kier alpha value is -4.22. The molecule has 1 amide bonds. The summed E-state index contributed by atoms with van der Waals surface area (Å²) < 4.78 is 2.00. The number of aromatic nitrogens is 2. The van der Waals surface area contributed by atoms with Crippen molar-refractivity contribution in [2.75, 3.05) is 4.90 Å². The maximum atomic E-state index is 13.0. The van der Waals surface area contributed by atoms with Crippen LogP contribution < -0.4 is 4.90 Å². The third-order valence-electron chi connectivity index (χ3n) is 5.60. The van der Waals surface area contributed by atoms with Gasteiger partial charge in [0, 0.05) is 29.7 Å². The molecule has 0 saturated carbocycles. The summed E-state index contributed by atoms with van der Waals surface area (Å²) in [6.45, 7) is 2.93. The van der Waals surface area contributed by atoms with E-state index in [1.807, 2.05) is 47.9 Å². The third-order valence-corrected chi connectivity index (χ3v) is 6.72. The van der Waals surface area contributed by atoms with Crippen LogP contribution in [0.3, 0.4) is 0 Å². The van der Waals surface area contributed by atoms with Gasteiger partial charge in [0.25, 0.3) is 0 Å². The largest absolute Gasteiger partial charge is 0.477 e. The molecule has 0 spiro atoms. The van der Waals surface area contributed by atoms with Gasteiger partial charge in [-0.25, -0.2) is 9.78 Å². The van der Waals surface area contributed by atoms with E-state index in [1.165, 1.54) is 11.3 Å². The van der Waals surface area contributed by atoms with Gasteiger partial charge in [-0.1, -0.05) is 31.2 Å². The molecular weight excluding hydrogens is 460 g/mol. The van der Waals surface area contributed by atoms with Gasteiger partial charge in [-0.15, -0.1) is 11.3 Å². The first-order valence-corrected chi connectivity index (χ1v) is 12.0. The zero-order valence-electron chi connectivity index (χ0n) is 19.2. The Morgan fingerprint density at radius 3 is 2.46 bits per heavy atom. The van der Waals surface area contributed by atoms with Gasteiger partial charge >= 0.3 is 5.97 Å². The molecule has 4 aromatic rings. The number of nitriles is 1. The van der Waals surface area contributed by atoms with Crippen LogP contribution >= 0.6 is 11.3 Å². The van der Waals surface area contributed by atoms with Crippen LogP contribution in [0.4, 0.5) is 5.69 Å². The normalized spacial score (nSPS) is 10.6.